The Bertz CT molecular complexity index is 619. The summed E-state index contributed by atoms with van der Waals surface area (Å²) in [6.45, 7) is 6.65. The van der Waals surface area contributed by atoms with Crippen molar-refractivity contribution in [3.63, 3.8) is 0 Å². The molecule has 6 nitrogen and oxygen atoms in total. The van der Waals surface area contributed by atoms with Crippen LogP contribution in [-0.2, 0) is 10.0 Å². The molecule has 130 valence electrons. The summed E-state index contributed by atoms with van der Waals surface area (Å²) in [6.07, 6.45) is 0.884. The van der Waals surface area contributed by atoms with E-state index in [1.165, 1.54) is 0 Å². The summed E-state index contributed by atoms with van der Waals surface area (Å²) < 4.78 is 38.2. The smallest absolute Gasteiger partial charge is 0.243 e. The van der Waals surface area contributed by atoms with Crippen molar-refractivity contribution in [2.45, 2.75) is 25.2 Å². The quantitative estimate of drug-likeness (QED) is 0.779. The van der Waals surface area contributed by atoms with Gasteiger partial charge in [0, 0.05) is 19.2 Å². The SMILES string of the molecule is CCOc1ccc(S(=O)(=O)N2CCC(CNC)C2)cc1OCC. The Balaban J connectivity index is 2.24. The van der Waals surface area contributed by atoms with E-state index < -0.39 is 10.0 Å². The van der Waals surface area contributed by atoms with Crippen molar-refractivity contribution in [2.24, 2.45) is 5.92 Å². The highest BCUT2D eigenvalue weighted by molar-refractivity contribution is 7.89. The molecular weight excluding hydrogens is 316 g/mol. The molecule has 1 saturated heterocycles. The molecule has 1 heterocycles. The van der Waals surface area contributed by atoms with Gasteiger partial charge in [0.1, 0.15) is 0 Å². The molecule has 0 spiro atoms. The summed E-state index contributed by atoms with van der Waals surface area (Å²) in [5.41, 5.74) is 0. The van der Waals surface area contributed by atoms with Gasteiger partial charge >= 0.3 is 0 Å². The van der Waals surface area contributed by atoms with E-state index in [2.05, 4.69) is 5.32 Å². The van der Waals surface area contributed by atoms with Gasteiger partial charge in [-0.25, -0.2) is 8.42 Å². The molecule has 1 atom stereocenters. The molecule has 1 aromatic carbocycles. The monoisotopic (exact) mass is 342 g/mol. The van der Waals surface area contributed by atoms with Gasteiger partial charge < -0.3 is 14.8 Å². The molecule has 23 heavy (non-hydrogen) atoms. The Kier molecular flexibility index (Phi) is 6.26. The number of sulfonamides is 1. The molecule has 1 N–H and O–H groups in total. The first-order valence-electron chi connectivity index (χ1n) is 8.07. The Morgan fingerprint density at radius 1 is 1.22 bits per heavy atom. The molecule has 0 bridgehead atoms. The molecule has 2 rings (SSSR count). The molecule has 1 fully saturated rings. The number of rotatable bonds is 8. The Morgan fingerprint density at radius 2 is 1.91 bits per heavy atom. The van der Waals surface area contributed by atoms with E-state index in [0.29, 0.717) is 43.7 Å². The van der Waals surface area contributed by atoms with Gasteiger partial charge in [-0.3, -0.25) is 0 Å². The maximum atomic E-state index is 12.8. The van der Waals surface area contributed by atoms with E-state index in [9.17, 15) is 8.42 Å². The second kappa shape index (κ2) is 7.99. The Morgan fingerprint density at radius 3 is 2.57 bits per heavy atom. The van der Waals surface area contributed by atoms with Crippen molar-refractivity contribution in [3.05, 3.63) is 18.2 Å². The summed E-state index contributed by atoms with van der Waals surface area (Å²) in [6, 6.07) is 4.83. The standard InChI is InChI=1S/C16H26N2O4S/c1-4-21-15-7-6-14(10-16(15)22-5-2)23(19,20)18-9-8-13(12-18)11-17-3/h6-7,10,13,17H,4-5,8-9,11-12H2,1-3H3. The van der Waals surface area contributed by atoms with Crippen LogP contribution in [0.5, 0.6) is 11.5 Å². The third kappa shape index (κ3) is 4.16. The van der Waals surface area contributed by atoms with E-state index in [4.69, 9.17) is 9.47 Å². The van der Waals surface area contributed by atoms with E-state index >= 15 is 0 Å². The van der Waals surface area contributed by atoms with E-state index in [1.807, 2.05) is 20.9 Å². The second-order valence-corrected chi connectivity index (χ2v) is 7.49. The summed E-state index contributed by atoms with van der Waals surface area (Å²) in [4.78, 5) is 0.259. The van der Waals surface area contributed by atoms with Crippen molar-refractivity contribution >= 4 is 10.0 Å². The maximum Gasteiger partial charge on any atom is 0.243 e. The predicted molar refractivity (Wildman–Crippen MR) is 89.6 cm³/mol. The molecule has 0 aliphatic carbocycles. The van der Waals surface area contributed by atoms with Gasteiger partial charge in [-0.2, -0.15) is 4.31 Å². The molecule has 0 radical (unpaired) electrons. The number of hydrogen-bond donors (Lipinski definition) is 1. The lowest BCUT2D eigenvalue weighted by molar-refractivity contribution is 0.287. The number of hydrogen-bond acceptors (Lipinski definition) is 5. The molecule has 1 aliphatic heterocycles. The zero-order valence-electron chi connectivity index (χ0n) is 14.0. The van der Waals surface area contributed by atoms with Crippen LogP contribution in [0, 0.1) is 5.92 Å². The van der Waals surface area contributed by atoms with Crippen molar-refractivity contribution in [2.75, 3.05) is 39.9 Å². The molecule has 0 saturated carbocycles. The van der Waals surface area contributed by atoms with Crippen molar-refractivity contribution < 1.29 is 17.9 Å². The van der Waals surface area contributed by atoms with Gasteiger partial charge in [0.05, 0.1) is 18.1 Å². The van der Waals surface area contributed by atoms with Gasteiger partial charge in [-0.15, -0.1) is 0 Å². The van der Waals surface area contributed by atoms with Gasteiger partial charge in [-0.05, 0) is 51.9 Å². The highest BCUT2D eigenvalue weighted by Crippen LogP contribution is 2.32. The minimum atomic E-state index is -3.49. The Hall–Kier alpha value is -1.31. The van der Waals surface area contributed by atoms with Crippen LogP contribution in [0.25, 0.3) is 0 Å². The number of benzene rings is 1. The van der Waals surface area contributed by atoms with Crippen LogP contribution >= 0.6 is 0 Å². The van der Waals surface area contributed by atoms with Gasteiger partial charge in [0.25, 0.3) is 0 Å². The van der Waals surface area contributed by atoms with Crippen molar-refractivity contribution in [1.29, 1.82) is 0 Å². The van der Waals surface area contributed by atoms with E-state index in [-0.39, 0.29) is 4.90 Å². The minimum Gasteiger partial charge on any atom is -0.490 e. The molecule has 7 heteroatoms. The third-order valence-corrected chi connectivity index (χ3v) is 5.76. The normalized spacial score (nSPS) is 19.0. The zero-order valence-corrected chi connectivity index (χ0v) is 14.9. The fraction of sp³-hybridized carbons (Fsp3) is 0.625. The minimum absolute atomic E-state index is 0.259. The van der Waals surface area contributed by atoms with Crippen LogP contribution in [0.15, 0.2) is 23.1 Å². The van der Waals surface area contributed by atoms with Crippen LogP contribution in [0.4, 0.5) is 0 Å². The molecule has 0 amide bonds. The fourth-order valence-corrected chi connectivity index (χ4v) is 4.36. The average molecular weight is 342 g/mol. The Labute approximate surface area is 138 Å². The fourth-order valence-electron chi connectivity index (χ4n) is 2.81. The van der Waals surface area contributed by atoms with E-state index in [1.54, 1.807) is 22.5 Å². The molecule has 1 unspecified atom stereocenters. The van der Waals surface area contributed by atoms with Crippen molar-refractivity contribution in [1.82, 2.24) is 9.62 Å². The van der Waals surface area contributed by atoms with Crippen LogP contribution in [0.3, 0.4) is 0 Å². The second-order valence-electron chi connectivity index (χ2n) is 5.55. The van der Waals surface area contributed by atoms with Crippen molar-refractivity contribution in [3.8, 4) is 11.5 Å². The third-order valence-electron chi connectivity index (χ3n) is 3.89. The van der Waals surface area contributed by atoms with Gasteiger partial charge in [0.15, 0.2) is 11.5 Å². The first kappa shape index (κ1) is 18.0. The largest absolute Gasteiger partial charge is 0.490 e. The topological polar surface area (TPSA) is 67.9 Å². The highest BCUT2D eigenvalue weighted by Gasteiger charge is 2.32. The average Bonchev–Trinajstić information content (AvgIpc) is 2.99. The lowest BCUT2D eigenvalue weighted by Crippen LogP contribution is -2.30. The summed E-state index contributed by atoms with van der Waals surface area (Å²) in [7, 11) is -1.61. The molecule has 1 aliphatic rings. The van der Waals surface area contributed by atoms with Crippen LogP contribution in [0.2, 0.25) is 0 Å². The van der Waals surface area contributed by atoms with Gasteiger partial charge in [0.2, 0.25) is 10.0 Å². The zero-order chi connectivity index (χ0) is 16.9. The summed E-state index contributed by atoms with van der Waals surface area (Å²) in [5.74, 6) is 1.41. The first-order chi connectivity index (χ1) is 11.0. The number of ether oxygens (including phenoxy) is 2. The maximum absolute atomic E-state index is 12.8. The summed E-state index contributed by atoms with van der Waals surface area (Å²) >= 11 is 0. The van der Waals surface area contributed by atoms with Crippen LogP contribution < -0.4 is 14.8 Å². The number of nitrogens with one attached hydrogen (secondary N) is 1. The highest BCUT2D eigenvalue weighted by atomic mass is 32.2. The van der Waals surface area contributed by atoms with Gasteiger partial charge in [-0.1, -0.05) is 0 Å². The summed E-state index contributed by atoms with van der Waals surface area (Å²) in [5, 5.41) is 3.11. The molecule has 1 aromatic rings. The lowest BCUT2D eigenvalue weighted by Gasteiger charge is -2.18. The molecule has 0 aromatic heterocycles. The first-order valence-corrected chi connectivity index (χ1v) is 9.51. The van der Waals surface area contributed by atoms with Crippen LogP contribution in [0.1, 0.15) is 20.3 Å². The molecular formula is C16H26N2O4S. The predicted octanol–water partition coefficient (Wildman–Crippen LogP) is 1.71. The number of nitrogens with zero attached hydrogens (tertiary/aromatic N) is 1. The van der Waals surface area contributed by atoms with Crippen LogP contribution in [-0.4, -0.2) is 52.6 Å². The van der Waals surface area contributed by atoms with E-state index in [0.717, 1.165) is 13.0 Å². The lowest BCUT2D eigenvalue weighted by atomic mass is 10.1.